The molecule has 0 aliphatic rings. The summed E-state index contributed by atoms with van der Waals surface area (Å²) in [5.41, 5.74) is 1.33. The van der Waals surface area contributed by atoms with Gasteiger partial charge in [-0.2, -0.15) is 0 Å². The zero-order valence-electron chi connectivity index (χ0n) is 19.9. The molecule has 3 rings (SSSR count). The zero-order chi connectivity index (χ0) is 25.2. The van der Waals surface area contributed by atoms with Gasteiger partial charge in [0.15, 0.2) is 6.61 Å². The normalized spacial score (nSPS) is 10.3. The summed E-state index contributed by atoms with van der Waals surface area (Å²) in [4.78, 5) is 39.8. The number of para-hydroxylation sites is 1. The van der Waals surface area contributed by atoms with Crippen molar-refractivity contribution in [2.75, 3.05) is 37.1 Å². The fraction of sp³-hybridized carbons (Fsp3) is 0.222. The van der Waals surface area contributed by atoms with E-state index in [0.717, 1.165) is 0 Å². The Hall–Kier alpha value is -4.33. The Morgan fingerprint density at radius 1 is 0.829 bits per heavy atom. The first kappa shape index (κ1) is 25.3. The van der Waals surface area contributed by atoms with Crippen LogP contribution in [0.4, 0.5) is 11.4 Å². The smallest absolute Gasteiger partial charge is 0.339 e. The number of nitrogens with zero attached hydrogens (tertiary/aromatic N) is 1. The summed E-state index contributed by atoms with van der Waals surface area (Å²) in [5.74, 6) is -0.673. The largest absolute Gasteiger partial charge is 0.494 e. The van der Waals surface area contributed by atoms with Gasteiger partial charge in [-0.1, -0.05) is 30.3 Å². The van der Waals surface area contributed by atoms with Gasteiger partial charge in [0.2, 0.25) is 0 Å². The summed E-state index contributed by atoms with van der Waals surface area (Å²) in [5, 5.41) is 2.68. The molecule has 3 aromatic rings. The third-order valence-corrected chi connectivity index (χ3v) is 5.00. The Kier molecular flexibility index (Phi) is 8.83. The lowest BCUT2D eigenvalue weighted by molar-refractivity contribution is -0.119. The van der Waals surface area contributed by atoms with Crippen LogP contribution in [0, 0.1) is 0 Å². The monoisotopic (exact) mass is 476 g/mol. The maximum atomic E-state index is 13.0. The average molecular weight is 477 g/mol. The molecular weight excluding hydrogens is 448 g/mol. The quantitative estimate of drug-likeness (QED) is 0.431. The van der Waals surface area contributed by atoms with E-state index in [4.69, 9.17) is 14.2 Å². The van der Waals surface area contributed by atoms with Gasteiger partial charge in [-0.3, -0.25) is 9.59 Å². The number of carbonyl (C=O) groups excluding carboxylic acids is 3. The van der Waals surface area contributed by atoms with Crippen molar-refractivity contribution in [1.29, 1.82) is 0 Å². The molecule has 8 heteroatoms. The number of hydrogen-bond acceptors (Lipinski definition) is 6. The SMILES string of the molecule is CCOc1ccc(OCC)c(NC(=O)COC(=O)c2ccccc2C(=O)N(C)c2ccccc2)c1. The topological polar surface area (TPSA) is 94.2 Å². The molecule has 0 fully saturated rings. The third-order valence-electron chi connectivity index (χ3n) is 5.00. The number of esters is 1. The number of anilines is 2. The molecule has 0 radical (unpaired) electrons. The van der Waals surface area contributed by atoms with E-state index in [9.17, 15) is 14.4 Å². The Morgan fingerprint density at radius 3 is 2.17 bits per heavy atom. The van der Waals surface area contributed by atoms with Crippen molar-refractivity contribution in [3.63, 3.8) is 0 Å². The van der Waals surface area contributed by atoms with Gasteiger partial charge >= 0.3 is 5.97 Å². The van der Waals surface area contributed by atoms with Crippen molar-refractivity contribution in [3.8, 4) is 11.5 Å². The maximum absolute atomic E-state index is 13.0. The van der Waals surface area contributed by atoms with Crippen LogP contribution in [-0.4, -0.2) is 44.7 Å². The fourth-order valence-corrected chi connectivity index (χ4v) is 3.34. The zero-order valence-corrected chi connectivity index (χ0v) is 19.9. The predicted octanol–water partition coefficient (Wildman–Crippen LogP) is 4.56. The second-order valence-corrected chi connectivity index (χ2v) is 7.39. The number of benzene rings is 3. The van der Waals surface area contributed by atoms with E-state index < -0.39 is 18.5 Å². The number of amides is 2. The minimum absolute atomic E-state index is 0.0708. The Morgan fingerprint density at radius 2 is 1.49 bits per heavy atom. The van der Waals surface area contributed by atoms with Gasteiger partial charge in [0.1, 0.15) is 11.5 Å². The van der Waals surface area contributed by atoms with E-state index in [0.29, 0.717) is 36.1 Å². The van der Waals surface area contributed by atoms with Crippen LogP contribution >= 0.6 is 0 Å². The molecule has 0 saturated carbocycles. The highest BCUT2D eigenvalue weighted by Crippen LogP contribution is 2.29. The van der Waals surface area contributed by atoms with E-state index in [2.05, 4.69) is 5.32 Å². The summed E-state index contributed by atoms with van der Waals surface area (Å²) in [6.45, 7) is 4.02. The number of nitrogens with one attached hydrogen (secondary N) is 1. The Labute approximate surface area is 204 Å². The molecule has 8 nitrogen and oxygen atoms in total. The van der Waals surface area contributed by atoms with Crippen LogP contribution in [-0.2, 0) is 9.53 Å². The molecule has 0 aliphatic carbocycles. The minimum atomic E-state index is -0.779. The molecular formula is C27H28N2O6. The molecule has 2 amide bonds. The van der Waals surface area contributed by atoms with Gasteiger partial charge in [0.25, 0.3) is 11.8 Å². The Balaban J connectivity index is 1.69. The lowest BCUT2D eigenvalue weighted by Crippen LogP contribution is -2.28. The van der Waals surface area contributed by atoms with Crippen molar-refractivity contribution in [2.24, 2.45) is 0 Å². The molecule has 0 aromatic heterocycles. The maximum Gasteiger partial charge on any atom is 0.339 e. The first-order chi connectivity index (χ1) is 16.9. The summed E-state index contributed by atoms with van der Waals surface area (Å²) >= 11 is 0. The number of hydrogen-bond donors (Lipinski definition) is 1. The van der Waals surface area contributed by atoms with Crippen LogP contribution < -0.4 is 19.7 Å². The van der Waals surface area contributed by atoms with Crippen LogP contribution in [0.3, 0.4) is 0 Å². The molecule has 35 heavy (non-hydrogen) atoms. The number of carbonyl (C=O) groups is 3. The standard InChI is InChI=1S/C27H28N2O6/c1-4-33-20-15-16-24(34-5-2)23(17-20)28-25(30)18-35-27(32)22-14-10-9-13-21(22)26(31)29(3)19-11-7-6-8-12-19/h6-17H,4-5,18H2,1-3H3,(H,28,30). The van der Waals surface area contributed by atoms with Crippen LogP contribution in [0.2, 0.25) is 0 Å². The van der Waals surface area contributed by atoms with Gasteiger partial charge in [0, 0.05) is 18.8 Å². The third kappa shape index (κ3) is 6.60. The van der Waals surface area contributed by atoms with Crippen molar-refractivity contribution in [3.05, 3.63) is 83.9 Å². The van der Waals surface area contributed by atoms with Crippen molar-refractivity contribution >= 4 is 29.2 Å². The predicted molar refractivity (Wildman–Crippen MR) is 133 cm³/mol. The first-order valence-electron chi connectivity index (χ1n) is 11.2. The fourth-order valence-electron chi connectivity index (χ4n) is 3.34. The molecule has 0 bridgehead atoms. The van der Waals surface area contributed by atoms with Gasteiger partial charge in [-0.15, -0.1) is 0 Å². The summed E-state index contributed by atoms with van der Waals surface area (Å²) < 4.78 is 16.2. The number of ether oxygens (including phenoxy) is 3. The summed E-state index contributed by atoms with van der Waals surface area (Å²) in [6.07, 6.45) is 0. The van der Waals surface area contributed by atoms with Crippen molar-refractivity contribution in [1.82, 2.24) is 0 Å². The molecule has 0 atom stereocenters. The molecule has 0 unspecified atom stereocenters. The summed E-state index contributed by atoms with van der Waals surface area (Å²) in [7, 11) is 1.62. The van der Waals surface area contributed by atoms with Gasteiger partial charge in [-0.05, 0) is 50.2 Å². The second-order valence-electron chi connectivity index (χ2n) is 7.39. The molecule has 0 aliphatic heterocycles. The van der Waals surface area contributed by atoms with E-state index in [1.165, 1.54) is 11.0 Å². The van der Waals surface area contributed by atoms with E-state index in [1.54, 1.807) is 55.6 Å². The molecule has 1 N–H and O–H groups in total. The molecule has 3 aromatic carbocycles. The molecule has 0 spiro atoms. The van der Waals surface area contributed by atoms with Gasteiger partial charge in [-0.25, -0.2) is 4.79 Å². The highest BCUT2D eigenvalue weighted by molar-refractivity contribution is 6.12. The van der Waals surface area contributed by atoms with Crippen LogP contribution in [0.5, 0.6) is 11.5 Å². The van der Waals surface area contributed by atoms with E-state index >= 15 is 0 Å². The Bertz CT molecular complexity index is 1180. The highest BCUT2D eigenvalue weighted by atomic mass is 16.5. The molecule has 0 heterocycles. The average Bonchev–Trinajstić information content (AvgIpc) is 2.88. The first-order valence-corrected chi connectivity index (χ1v) is 11.2. The second kappa shape index (κ2) is 12.2. The lowest BCUT2D eigenvalue weighted by atomic mass is 10.1. The van der Waals surface area contributed by atoms with E-state index in [1.807, 2.05) is 32.0 Å². The van der Waals surface area contributed by atoms with Crippen LogP contribution in [0.25, 0.3) is 0 Å². The minimum Gasteiger partial charge on any atom is -0.494 e. The highest BCUT2D eigenvalue weighted by Gasteiger charge is 2.22. The van der Waals surface area contributed by atoms with Crippen molar-refractivity contribution in [2.45, 2.75) is 13.8 Å². The summed E-state index contributed by atoms with van der Waals surface area (Å²) in [6, 6.07) is 20.5. The molecule has 182 valence electrons. The van der Waals surface area contributed by atoms with E-state index in [-0.39, 0.29) is 17.0 Å². The van der Waals surface area contributed by atoms with Crippen LogP contribution in [0.1, 0.15) is 34.6 Å². The molecule has 0 saturated heterocycles. The van der Waals surface area contributed by atoms with Gasteiger partial charge in [0.05, 0.1) is 30.0 Å². The number of rotatable bonds is 10. The lowest BCUT2D eigenvalue weighted by Gasteiger charge is -2.19. The van der Waals surface area contributed by atoms with Crippen molar-refractivity contribution < 1.29 is 28.6 Å². The van der Waals surface area contributed by atoms with Crippen LogP contribution in [0.15, 0.2) is 72.8 Å². The van der Waals surface area contributed by atoms with Gasteiger partial charge < -0.3 is 24.4 Å².